The third-order valence-electron chi connectivity index (χ3n) is 2.57. The SMILES string of the molecule is Cl.Cl.Clc1ccc(CNCCCn2ccnc2)cc1. The Morgan fingerprint density at radius 1 is 1.16 bits per heavy atom. The van der Waals surface area contributed by atoms with E-state index in [0.29, 0.717) is 0 Å². The molecule has 1 N–H and O–H groups in total. The minimum Gasteiger partial charge on any atom is -0.337 e. The summed E-state index contributed by atoms with van der Waals surface area (Å²) >= 11 is 5.82. The fourth-order valence-electron chi connectivity index (χ4n) is 1.64. The van der Waals surface area contributed by atoms with E-state index in [9.17, 15) is 0 Å². The second-order valence-electron chi connectivity index (χ2n) is 3.96. The van der Waals surface area contributed by atoms with E-state index in [2.05, 4.69) is 14.9 Å². The quantitative estimate of drug-likeness (QED) is 0.824. The van der Waals surface area contributed by atoms with Gasteiger partial charge in [0.25, 0.3) is 0 Å². The molecule has 0 unspecified atom stereocenters. The van der Waals surface area contributed by atoms with Gasteiger partial charge in [-0.3, -0.25) is 0 Å². The number of aryl methyl sites for hydroxylation is 1. The summed E-state index contributed by atoms with van der Waals surface area (Å²) in [5.41, 5.74) is 1.26. The first-order valence-corrected chi connectivity index (χ1v) is 6.13. The molecule has 0 aliphatic carbocycles. The largest absolute Gasteiger partial charge is 0.337 e. The van der Waals surface area contributed by atoms with Crippen molar-refractivity contribution in [3.63, 3.8) is 0 Å². The zero-order valence-electron chi connectivity index (χ0n) is 10.5. The first kappa shape index (κ1) is 18.3. The molecular formula is C13H18Cl3N3. The van der Waals surface area contributed by atoms with Crippen LogP contribution < -0.4 is 5.32 Å². The Hall–Kier alpha value is -0.740. The molecular weight excluding hydrogens is 305 g/mol. The molecule has 6 heteroatoms. The maximum atomic E-state index is 5.82. The highest BCUT2D eigenvalue weighted by Gasteiger charge is 1.93. The lowest BCUT2D eigenvalue weighted by Gasteiger charge is -2.05. The number of hydrogen-bond donors (Lipinski definition) is 1. The lowest BCUT2D eigenvalue weighted by Crippen LogP contribution is -2.16. The molecule has 2 rings (SSSR count). The molecule has 106 valence electrons. The molecule has 0 saturated carbocycles. The Kier molecular flexibility index (Phi) is 9.70. The number of imidazole rings is 1. The zero-order chi connectivity index (χ0) is 11.9. The summed E-state index contributed by atoms with van der Waals surface area (Å²) in [6.07, 6.45) is 6.74. The van der Waals surface area contributed by atoms with Crippen LogP contribution in [-0.4, -0.2) is 16.1 Å². The molecule has 0 aliphatic rings. The van der Waals surface area contributed by atoms with Crippen molar-refractivity contribution in [2.45, 2.75) is 19.5 Å². The van der Waals surface area contributed by atoms with Crippen molar-refractivity contribution < 1.29 is 0 Å². The minimum absolute atomic E-state index is 0. The predicted octanol–water partition coefficient (Wildman–Crippen LogP) is 3.56. The summed E-state index contributed by atoms with van der Waals surface area (Å²) in [5.74, 6) is 0. The van der Waals surface area contributed by atoms with Gasteiger partial charge in [0.15, 0.2) is 0 Å². The summed E-state index contributed by atoms with van der Waals surface area (Å²) in [5, 5.41) is 4.19. The third-order valence-corrected chi connectivity index (χ3v) is 2.82. The number of halogens is 3. The van der Waals surface area contributed by atoms with Gasteiger partial charge in [-0.05, 0) is 30.7 Å². The Morgan fingerprint density at radius 2 is 1.89 bits per heavy atom. The van der Waals surface area contributed by atoms with Crippen molar-refractivity contribution in [3.8, 4) is 0 Å². The van der Waals surface area contributed by atoms with Crippen molar-refractivity contribution in [2.75, 3.05) is 6.54 Å². The van der Waals surface area contributed by atoms with Gasteiger partial charge in [-0.2, -0.15) is 0 Å². The zero-order valence-corrected chi connectivity index (χ0v) is 12.8. The van der Waals surface area contributed by atoms with Crippen LogP contribution in [0.5, 0.6) is 0 Å². The van der Waals surface area contributed by atoms with Crippen molar-refractivity contribution in [1.29, 1.82) is 0 Å². The standard InChI is InChI=1S/C13H16ClN3.2ClH/c14-13-4-2-12(3-5-13)10-15-6-1-8-17-9-7-16-11-17;;/h2-5,7,9,11,15H,1,6,8,10H2;2*1H. The molecule has 0 spiro atoms. The van der Waals surface area contributed by atoms with Crippen LogP contribution >= 0.6 is 36.4 Å². The van der Waals surface area contributed by atoms with Gasteiger partial charge in [0.1, 0.15) is 0 Å². The van der Waals surface area contributed by atoms with Crippen LogP contribution in [0.25, 0.3) is 0 Å². The number of nitrogens with one attached hydrogen (secondary N) is 1. The van der Waals surface area contributed by atoms with E-state index in [1.165, 1.54) is 5.56 Å². The molecule has 0 amide bonds. The Morgan fingerprint density at radius 3 is 2.53 bits per heavy atom. The molecule has 1 aromatic carbocycles. The van der Waals surface area contributed by atoms with E-state index in [4.69, 9.17) is 11.6 Å². The summed E-state index contributed by atoms with van der Waals surface area (Å²) in [7, 11) is 0. The van der Waals surface area contributed by atoms with E-state index in [0.717, 1.165) is 31.1 Å². The summed E-state index contributed by atoms with van der Waals surface area (Å²) < 4.78 is 2.09. The average molecular weight is 323 g/mol. The molecule has 3 nitrogen and oxygen atoms in total. The number of benzene rings is 1. The second-order valence-corrected chi connectivity index (χ2v) is 4.39. The van der Waals surface area contributed by atoms with Gasteiger partial charge >= 0.3 is 0 Å². The highest BCUT2D eigenvalue weighted by atomic mass is 35.5. The fourth-order valence-corrected chi connectivity index (χ4v) is 1.77. The molecule has 0 atom stereocenters. The maximum Gasteiger partial charge on any atom is 0.0945 e. The molecule has 1 aromatic heterocycles. The van der Waals surface area contributed by atoms with Gasteiger partial charge < -0.3 is 9.88 Å². The molecule has 0 radical (unpaired) electrons. The van der Waals surface area contributed by atoms with Gasteiger partial charge in [-0.25, -0.2) is 4.98 Å². The molecule has 2 aromatic rings. The summed E-state index contributed by atoms with van der Waals surface area (Å²) in [6.45, 7) is 2.90. The van der Waals surface area contributed by atoms with Gasteiger partial charge in [-0.15, -0.1) is 24.8 Å². The number of nitrogens with zero attached hydrogens (tertiary/aromatic N) is 2. The molecule has 0 saturated heterocycles. The van der Waals surface area contributed by atoms with E-state index >= 15 is 0 Å². The molecule has 1 heterocycles. The lowest BCUT2D eigenvalue weighted by molar-refractivity contribution is 0.581. The Balaban J connectivity index is 0.00000162. The van der Waals surface area contributed by atoms with Crippen LogP contribution in [-0.2, 0) is 13.1 Å². The molecule has 19 heavy (non-hydrogen) atoms. The molecule has 0 fully saturated rings. The smallest absolute Gasteiger partial charge is 0.0945 e. The highest BCUT2D eigenvalue weighted by molar-refractivity contribution is 6.30. The van der Waals surface area contributed by atoms with Gasteiger partial charge in [0.2, 0.25) is 0 Å². The summed E-state index contributed by atoms with van der Waals surface area (Å²) in [6, 6.07) is 7.94. The van der Waals surface area contributed by atoms with Crippen molar-refractivity contribution in [3.05, 3.63) is 53.6 Å². The van der Waals surface area contributed by atoms with Crippen LogP contribution in [0.3, 0.4) is 0 Å². The van der Waals surface area contributed by atoms with Crippen LogP contribution in [0.2, 0.25) is 5.02 Å². The number of hydrogen-bond acceptors (Lipinski definition) is 2. The molecule has 0 bridgehead atoms. The molecule has 0 aliphatic heterocycles. The fraction of sp³-hybridized carbons (Fsp3) is 0.308. The van der Waals surface area contributed by atoms with Gasteiger partial charge in [0.05, 0.1) is 6.33 Å². The lowest BCUT2D eigenvalue weighted by atomic mass is 10.2. The number of rotatable bonds is 6. The Bertz CT molecular complexity index is 429. The second kappa shape index (κ2) is 10.1. The average Bonchev–Trinajstić information content (AvgIpc) is 2.84. The first-order chi connectivity index (χ1) is 8.34. The summed E-state index contributed by atoms with van der Waals surface area (Å²) in [4.78, 5) is 4.01. The monoisotopic (exact) mass is 321 g/mol. The van der Waals surface area contributed by atoms with Crippen molar-refractivity contribution in [2.24, 2.45) is 0 Å². The van der Waals surface area contributed by atoms with Crippen LogP contribution in [0, 0.1) is 0 Å². The van der Waals surface area contributed by atoms with E-state index in [-0.39, 0.29) is 24.8 Å². The van der Waals surface area contributed by atoms with Crippen molar-refractivity contribution in [1.82, 2.24) is 14.9 Å². The van der Waals surface area contributed by atoms with Gasteiger partial charge in [-0.1, -0.05) is 23.7 Å². The maximum absolute atomic E-state index is 5.82. The Labute approximate surface area is 131 Å². The van der Waals surface area contributed by atoms with E-state index < -0.39 is 0 Å². The first-order valence-electron chi connectivity index (χ1n) is 5.75. The third kappa shape index (κ3) is 6.83. The minimum atomic E-state index is 0. The predicted molar refractivity (Wildman–Crippen MR) is 84.5 cm³/mol. The topological polar surface area (TPSA) is 29.9 Å². The van der Waals surface area contributed by atoms with Crippen LogP contribution in [0.1, 0.15) is 12.0 Å². The van der Waals surface area contributed by atoms with E-state index in [1.54, 1.807) is 6.20 Å². The van der Waals surface area contributed by atoms with Crippen LogP contribution in [0.15, 0.2) is 43.0 Å². The number of aromatic nitrogens is 2. The van der Waals surface area contributed by atoms with Crippen LogP contribution in [0.4, 0.5) is 0 Å². The van der Waals surface area contributed by atoms with Crippen molar-refractivity contribution >= 4 is 36.4 Å². The van der Waals surface area contributed by atoms with E-state index in [1.807, 2.05) is 36.8 Å². The van der Waals surface area contributed by atoms with Gasteiger partial charge in [0, 0.05) is 30.5 Å². The highest BCUT2D eigenvalue weighted by Crippen LogP contribution is 2.08. The normalized spacial score (nSPS) is 9.53.